The molecular weight excluding hydrogens is 456 g/mol. The quantitative estimate of drug-likeness (QED) is 0.308. The van der Waals surface area contributed by atoms with E-state index in [4.69, 9.17) is 0 Å². The van der Waals surface area contributed by atoms with Gasteiger partial charge in [0.2, 0.25) is 0 Å². The normalized spacial score (nSPS) is 14.1. The minimum atomic E-state index is -4.25. The Morgan fingerprint density at radius 3 is 1.04 bits per heavy atom. The van der Waals surface area contributed by atoms with Gasteiger partial charge in [0, 0.05) is 0 Å². The number of hydrogen-bond donors (Lipinski definition) is 0. The first-order valence-corrected chi connectivity index (χ1v) is 15.1. The summed E-state index contributed by atoms with van der Waals surface area (Å²) in [7, 11) is -16.8. The number of rotatable bonds is 15. The van der Waals surface area contributed by atoms with Crippen LogP contribution in [0.3, 0.4) is 0 Å². The minimum absolute atomic E-state index is 0.0755. The molecule has 0 aliphatic carbocycles. The predicted octanol–water partition coefficient (Wildman–Crippen LogP) is 1.21. The molecule has 0 aliphatic heterocycles. The molecule has 0 rings (SSSR count). The van der Waals surface area contributed by atoms with E-state index in [0.29, 0.717) is 12.8 Å². The third-order valence-electron chi connectivity index (χ3n) is 3.03. The molecule has 0 unspecified atom stereocenters. The van der Waals surface area contributed by atoms with Crippen LogP contribution in [-0.4, -0.2) is 56.7 Å². The first-order chi connectivity index (χ1) is 12.5. The summed E-state index contributed by atoms with van der Waals surface area (Å²) in [6.45, 7) is 6.44. The first-order valence-electron chi connectivity index (χ1n) is 8.78. The van der Waals surface area contributed by atoms with Crippen LogP contribution in [0.15, 0.2) is 0 Å². The zero-order valence-corrected chi connectivity index (χ0v) is 19.8. The second kappa shape index (κ2) is 11.2. The summed E-state index contributed by atoms with van der Waals surface area (Å²) in [5.74, 6) is -2.43. The average Bonchev–Trinajstić information content (AvgIpc) is 2.36. The van der Waals surface area contributed by atoms with Crippen LogP contribution in [0.5, 0.6) is 0 Å². The molecule has 0 amide bonds. The van der Waals surface area contributed by atoms with Crippen molar-refractivity contribution in [1.82, 2.24) is 0 Å². The fourth-order valence-corrected chi connectivity index (χ4v) is 8.43. The summed E-state index contributed by atoms with van der Waals surface area (Å²) < 4.78 is 101. The van der Waals surface area contributed by atoms with E-state index in [1.165, 1.54) is 0 Å². The van der Waals surface area contributed by atoms with Gasteiger partial charge in [0.1, 0.15) is 0 Å². The van der Waals surface area contributed by atoms with Gasteiger partial charge in [0.15, 0.2) is 0 Å². The maximum atomic E-state index is 11.7. The lowest BCUT2D eigenvalue weighted by atomic mass is 10.2. The Hall–Kier alpha value is -0.280. The summed E-state index contributed by atoms with van der Waals surface area (Å²) in [5, 5.41) is 0. The Balaban J connectivity index is 4.30. The van der Waals surface area contributed by atoms with Crippen molar-refractivity contribution in [3.63, 3.8) is 0 Å². The molecule has 14 heteroatoms. The highest BCUT2D eigenvalue weighted by atomic mass is 32.3. The first kappa shape index (κ1) is 27.7. The van der Waals surface area contributed by atoms with Crippen molar-refractivity contribution < 1.29 is 40.9 Å². The summed E-state index contributed by atoms with van der Waals surface area (Å²) in [6, 6.07) is 0. The van der Waals surface area contributed by atoms with Crippen LogP contribution in [-0.2, 0) is 47.7 Å². The van der Waals surface area contributed by atoms with Crippen molar-refractivity contribution in [2.75, 3.05) is 23.0 Å². The van der Waals surface area contributed by atoms with Crippen molar-refractivity contribution in [3.8, 4) is 0 Å². The van der Waals surface area contributed by atoms with E-state index >= 15 is 0 Å². The zero-order chi connectivity index (χ0) is 22.2. The molecule has 0 radical (unpaired) electrons. The van der Waals surface area contributed by atoms with Crippen molar-refractivity contribution >= 4 is 40.5 Å². The van der Waals surface area contributed by atoms with Gasteiger partial charge in [-0.05, 0) is 24.7 Å². The van der Waals surface area contributed by atoms with Gasteiger partial charge >= 0.3 is 0 Å². The largest absolute Gasteiger partial charge is 0.282 e. The fourth-order valence-electron chi connectivity index (χ4n) is 2.17. The molecule has 0 saturated heterocycles. The highest BCUT2D eigenvalue weighted by molar-refractivity contribution is 8.00. The van der Waals surface area contributed by atoms with Gasteiger partial charge in [0.05, 0.1) is 23.0 Å². The van der Waals surface area contributed by atoms with Crippen LogP contribution in [0.1, 0.15) is 53.4 Å². The molecule has 0 aliphatic rings. The van der Waals surface area contributed by atoms with Crippen LogP contribution in [0.25, 0.3) is 0 Å². The molecule has 0 bridgehead atoms. The van der Waals surface area contributed by atoms with Gasteiger partial charge in [-0.3, -0.25) is 0 Å². The molecule has 0 N–H and O–H groups in total. The molecule has 0 aromatic rings. The van der Waals surface area contributed by atoms with Crippen molar-refractivity contribution in [2.24, 2.45) is 11.8 Å². The lowest BCUT2D eigenvalue weighted by molar-refractivity contribution is 0.448. The standard InChI is InChI=1S/C14H30O10S4/c1-13(2)11-27(19,20)23-25(15,16)9-7-5-6-8-10-26(17,18)24-28(21,22)12-14(3)4/h13-14H,5-12H2,1-4H3. The SMILES string of the molecule is CC(C)CS(=O)(=O)OS(=O)(=O)CCCCCCS(=O)(=O)OS(=O)(=O)CC(C)C. The fraction of sp³-hybridized carbons (Fsp3) is 1.00. The van der Waals surface area contributed by atoms with Crippen LogP contribution < -0.4 is 0 Å². The van der Waals surface area contributed by atoms with Crippen LogP contribution in [0.2, 0.25) is 0 Å². The third kappa shape index (κ3) is 14.7. The molecule has 10 nitrogen and oxygen atoms in total. The van der Waals surface area contributed by atoms with Gasteiger partial charge in [0.25, 0.3) is 40.5 Å². The Morgan fingerprint density at radius 1 is 0.500 bits per heavy atom. The van der Waals surface area contributed by atoms with E-state index in [-0.39, 0.29) is 24.7 Å². The highest BCUT2D eigenvalue weighted by Crippen LogP contribution is 2.12. The summed E-state index contributed by atoms with van der Waals surface area (Å²) in [5.41, 5.74) is 0. The predicted molar refractivity (Wildman–Crippen MR) is 105 cm³/mol. The molecule has 170 valence electrons. The van der Waals surface area contributed by atoms with Crippen LogP contribution in [0.4, 0.5) is 0 Å². The molecule has 0 atom stereocenters. The summed E-state index contributed by atoms with van der Waals surface area (Å²) in [4.78, 5) is 0. The molecule has 0 saturated carbocycles. The average molecular weight is 487 g/mol. The zero-order valence-electron chi connectivity index (χ0n) is 16.5. The number of unbranched alkanes of at least 4 members (excludes halogenated alkanes) is 3. The molecule has 0 aromatic carbocycles. The van der Waals surface area contributed by atoms with Crippen molar-refractivity contribution in [1.29, 1.82) is 0 Å². The monoisotopic (exact) mass is 486 g/mol. The van der Waals surface area contributed by atoms with E-state index in [0.717, 1.165) is 0 Å². The van der Waals surface area contributed by atoms with E-state index in [2.05, 4.69) is 7.26 Å². The molecule has 28 heavy (non-hydrogen) atoms. The Labute approximate surface area is 169 Å². The second-order valence-corrected chi connectivity index (χ2v) is 14.3. The van der Waals surface area contributed by atoms with Crippen molar-refractivity contribution in [3.05, 3.63) is 0 Å². The number of hydrogen-bond acceptors (Lipinski definition) is 10. The molecular formula is C14H30O10S4. The lowest BCUT2D eigenvalue weighted by Gasteiger charge is -2.09. The lowest BCUT2D eigenvalue weighted by Crippen LogP contribution is -2.21. The third-order valence-corrected chi connectivity index (χ3v) is 10.1. The second-order valence-electron chi connectivity index (χ2n) is 7.31. The minimum Gasteiger partial charge on any atom is -0.198 e. The van der Waals surface area contributed by atoms with Crippen LogP contribution >= 0.6 is 0 Å². The van der Waals surface area contributed by atoms with Gasteiger partial charge < -0.3 is 0 Å². The summed E-state index contributed by atoms with van der Waals surface area (Å²) in [6.07, 6.45) is 0.736. The maximum absolute atomic E-state index is 11.7. The smallest absolute Gasteiger partial charge is 0.198 e. The van der Waals surface area contributed by atoms with E-state index in [1.807, 2.05) is 0 Å². The Bertz CT molecular complexity index is 806. The van der Waals surface area contributed by atoms with E-state index < -0.39 is 63.5 Å². The Kier molecular flexibility index (Phi) is 11.1. The maximum Gasteiger partial charge on any atom is 0.282 e. The van der Waals surface area contributed by atoms with Gasteiger partial charge in [-0.1, -0.05) is 40.5 Å². The van der Waals surface area contributed by atoms with Gasteiger partial charge in [-0.15, -0.1) is 7.26 Å². The van der Waals surface area contributed by atoms with Crippen LogP contribution in [0, 0.1) is 11.8 Å². The summed E-state index contributed by atoms with van der Waals surface area (Å²) >= 11 is 0. The molecule has 0 heterocycles. The molecule has 0 fully saturated rings. The van der Waals surface area contributed by atoms with E-state index in [9.17, 15) is 33.7 Å². The topological polar surface area (TPSA) is 155 Å². The molecule has 0 aromatic heterocycles. The van der Waals surface area contributed by atoms with Gasteiger partial charge in [-0.25, -0.2) is 0 Å². The van der Waals surface area contributed by atoms with Crippen molar-refractivity contribution in [2.45, 2.75) is 53.4 Å². The van der Waals surface area contributed by atoms with Gasteiger partial charge in [-0.2, -0.15) is 33.7 Å². The highest BCUT2D eigenvalue weighted by Gasteiger charge is 2.25. The van der Waals surface area contributed by atoms with E-state index in [1.54, 1.807) is 27.7 Å². The molecule has 0 spiro atoms. The Morgan fingerprint density at radius 2 is 0.786 bits per heavy atom.